The van der Waals surface area contributed by atoms with Gasteiger partial charge >= 0.3 is 0 Å². The maximum atomic E-state index is 10.1. The Bertz CT molecular complexity index is 569. The lowest BCUT2D eigenvalue weighted by atomic mass is 9.55. The summed E-state index contributed by atoms with van der Waals surface area (Å²) >= 11 is 0. The van der Waals surface area contributed by atoms with Gasteiger partial charge < -0.3 is 5.11 Å². The van der Waals surface area contributed by atoms with E-state index in [-0.39, 0.29) is 11.5 Å². The summed E-state index contributed by atoms with van der Waals surface area (Å²) < 4.78 is 0. The van der Waals surface area contributed by atoms with Crippen LogP contribution in [0, 0.1) is 5.41 Å². The molecule has 1 aliphatic rings. The van der Waals surface area contributed by atoms with Crippen molar-refractivity contribution in [2.45, 2.75) is 38.7 Å². The minimum Gasteiger partial charge on any atom is -0.393 e. The summed E-state index contributed by atoms with van der Waals surface area (Å²) in [4.78, 5) is 0. The summed E-state index contributed by atoms with van der Waals surface area (Å²) in [6, 6.07) is 15.1. The van der Waals surface area contributed by atoms with Crippen LogP contribution >= 0.6 is 0 Å². The monoisotopic (exact) mass is 240 g/mol. The average Bonchev–Trinajstić information content (AvgIpc) is 2.43. The van der Waals surface area contributed by atoms with Crippen LogP contribution in [-0.4, -0.2) is 11.2 Å². The Balaban J connectivity index is 2.11. The summed E-state index contributed by atoms with van der Waals surface area (Å²) in [7, 11) is 0. The van der Waals surface area contributed by atoms with Crippen LogP contribution in [0.5, 0.6) is 0 Å². The molecular weight excluding hydrogens is 220 g/mol. The Morgan fingerprint density at radius 3 is 2.61 bits per heavy atom. The molecule has 0 aliphatic heterocycles. The van der Waals surface area contributed by atoms with Crippen molar-refractivity contribution < 1.29 is 5.11 Å². The third-order valence-electron chi connectivity index (χ3n) is 4.98. The molecule has 0 radical (unpaired) electrons. The number of hydrogen-bond acceptors (Lipinski definition) is 1. The molecule has 0 saturated heterocycles. The van der Waals surface area contributed by atoms with E-state index in [2.05, 4.69) is 56.3 Å². The molecule has 1 nitrogen and oxygen atoms in total. The van der Waals surface area contributed by atoms with Gasteiger partial charge in [-0.3, -0.25) is 0 Å². The minimum atomic E-state index is -0.147. The predicted octanol–water partition coefficient (Wildman–Crippen LogP) is 4.10. The zero-order valence-electron chi connectivity index (χ0n) is 11.1. The highest BCUT2D eigenvalue weighted by Crippen LogP contribution is 2.55. The van der Waals surface area contributed by atoms with E-state index in [4.69, 9.17) is 0 Å². The van der Waals surface area contributed by atoms with Gasteiger partial charge in [0.1, 0.15) is 0 Å². The van der Waals surface area contributed by atoms with Crippen molar-refractivity contribution in [3.05, 3.63) is 48.0 Å². The predicted molar refractivity (Wildman–Crippen MR) is 75.7 cm³/mol. The third-order valence-corrected chi connectivity index (χ3v) is 4.98. The van der Waals surface area contributed by atoms with Crippen LogP contribution in [0.3, 0.4) is 0 Å². The molecule has 0 heterocycles. The van der Waals surface area contributed by atoms with Crippen LogP contribution in [0.1, 0.15) is 38.2 Å². The van der Waals surface area contributed by atoms with Crippen molar-refractivity contribution in [1.82, 2.24) is 0 Å². The second-order valence-electron chi connectivity index (χ2n) is 5.73. The summed E-state index contributed by atoms with van der Waals surface area (Å²) in [6.07, 6.45) is 1.78. The van der Waals surface area contributed by atoms with Gasteiger partial charge in [-0.2, -0.15) is 0 Å². The van der Waals surface area contributed by atoms with Crippen molar-refractivity contribution in [1.29, 1.82) is 0 Å². The molecule has 1 fully saturated rings. The van der Waals surface area contributed by atoms with Gasteiger partial charge in [0, 0.05) is 5.41 Å². The van der Waals surface area contributed by atoms with Crippen molar-refractivity contribution in [2.24, 2.45) is 5.41 Å². The molecular formula is C17H20O. The summed E-state index contributed by atoms with van der Waals surface area (Å²) in [5.74, 6) is 0.489. The van der Waals surface area contributed by atoms with Gasteiger partial charge in [-0.1, -0.05) is 56.3 Å². The van der Waals surface area contributed by atoms with Crippen LogP contribution in [0.4, 0.5) is 0 Å². The fourth-order valence-corrected chi connectivity index (χ4v) is 3.35. The first kappa shape index (κ1) is 11.7. The summed E-state index contributed by atoms with van der Waals surface area (Å²) in [6.45, 7) is 4.40. The van der Waals surface area contributed by atoms with Gasteiger partial charge in [-0.15, -0.1) is 0 Å². The van der Waals surface area contributed by atoms with Crippen LogP contribution < -0.4 is 0 Å². The van der Waals surface area contributed by atoms with Gasteiger partial charge in [0.15, 0.2) is 0 Å². The van der Waals surface area contributed by atoms with E-state index in [0.29, 0.717) is 5.92 Å². The third kappa shape index (κ3) is 1.50. The maximum Gasteiger partial charge on any atom is 0.0605 e. The maximum absolute atomic E-state index is 10.1. The van der Waals surface area contributed by atoms with Gasteiger partial charge in [-0.05, 0) is 35.1 Å². The first-order valence-corrected chi connectivity index (χ1v) is 6.82. The molecule has 1 heteroatoms. The molecule has 0 amide bonds. The van der Waals surface area contributed by atoms with Gasteiger partial charge in [0.05, 0.1) is 6.10 Å². The van der Waals surface area contributed by atoms with Gasteiger partial charge in [0.2, 0.25) is 0 Å². The highest BCUT2D eigenvalue weighted by Gasteiger charge is 2.50. The van der Waals surface area contributed by atoms with Crippen LogP contribution in [0.2, 0.25) is 0 Å². The molecule has 3 atom stereocenters. The number of fused-ring (bicyclic) bond motifs is 1. The van der Waals surface area contributed by atoms with Crippen LogP contribution in [0.25, 0.3) is 10.8 Å². The van der Waals surface area contributed by atoms with Crippen molar-refractivity contribution in [3.8, 4) is 0 Å². The molecule has 1 aliphatic carbocycles. The van der Waals surface area contributed by atoms with Crippen LogP contribution in [0.15, 0.2) is 42.5 Å². The molecule has 0 spiro atoms. The standard InChI is InChI=1S/C17H20O/c1-3-17(2)15(11-16(17)18)14-10-6-8-12-7-4-5-9-13(12)14/h4-10,15-16,18H,3,11H2,1-2H3. The first-order valence-electron chi connectivity index (χ1n) is 6.82. The lowest BCUT2D eigenvalue weighted by molar-refractivity contribution is -0.0773. The highest BCUT2D eigenvalue weighted by atomic mass is 16.3. The van der Waals surface area contributed by atoms with E-state index in [0.717, 1.165) is 12.8 Å². The second-order valence-corrected chi connectivity index (χ2v) is 5.73. The van der Waals surface area contributed by atoms with E-state index >= 15 is 0 Å². The van der Waals surface area contributed by atoms with Gasteiger partial charge in [0.25, 0.3) is 0 Å². The lowest BCUT2D eigenvalue weighted by Crippen LogP contribution is -2.49. The molecule has 94 valence electrons. The van der Waals surface area contributed by atoms with E-state index in [1.54, 1.807) is 0 Å². The van der Waals surface area contributed by atoms with E-state index in [9.17, 15) is 5.11 Å². The first-order chi connectivity index (χ1) is 8.66. The van der Waals surface area contributed by atoms with Crippen LogP contribution in [-0.2, 0) is 0 Å². The minimum absolute atomic E-state index is 0.0458. The average molecular weight is 240 g/mol. The number of rotatable bonds is 2. The van der Waals surface area contributed by atoms with E-state index in [1.165, 1.54) is 16.3 Å². The fourth-order valence-electron chi connectivity index (χ4n) is 3.35. The number of aliphatic hydroxyl groups excluding tert-OH is 1. The number of aliphatic hydroxyl groups is 1. The van der Waals surface area contributed by atoms with Crippen molar-refractivity contribution >= 4 is 10.8 Å². The Morgan fingerprint density at radius 2 is 1.89 bits per heavy atom. The molecule has 0 bridgehead atoms. The molecule has 1 N–H and O–H groups in total. The smallest absolute Gasteiger partial charge is 0.0605 e. The molecule has 2 aromatic rings. The van der Waals surface area contributed by atoms with Crippen molar-refractivity contribution in [3.63, 3.8) is 0 Å². The summed E-state index contributed by atoms with van der Waals surface area (Å²) in [5.41, 5.74) is 1.45. The molecule has 1 saturated carbocycles. The lowest BCUT2D eigenvalue weighted by Gasteiger charge is -2.52. The van der Waals surface area contributed by atoms with Gasteiger partial charge in [-0.25, -0.2) is 0 Å². The van der Waals surface area contributed by atoms with Crippen molar-refractivity contribution in [2.75, 3.05) is 0 Å². The second kappa shape index (κ2) is 4.10. The zero-order valence-corrected chi connectivity index (χ0v) is 11.1. The highest BCUT2D eigenvalue weighted by molar-refractivity contribution is 5.86. The Morgan fingerprint density at radius 1 is 1.17 bits per heavy atom. The Labute approximate surface area is 108 Å². The largest absolute Gasteiger partial charge is 0.393 e. The SMILES string of the molecule is CCC1(C)C(O)CC1c1cccc2ccccc12. The topological polar surface area (TPSA) is 20.2 Å². The number of benzene rings is 2. The number of hydrogen-bond donors (Lipinski definition) is 1. The molecule has 18 heavy (non-hydrogen) atoms. The zero-order chi connectivity index (χ0) is 12.8. The Hall–Kier alpha value is -1.34. The molecule has 3 unspecified atom stereocenters. The Kier molecular flexibility index (Phi) is 2.67. The molecule has 3 rings (SSSR count). The molecule has 2 aromatic carbocycles. The quantitative estimate of drug-likeness (QED) is 0.837. The fraction of sp³-hybridized carbons (Fsp3) is 0.412. The summed E-state index contributed by atoms with van der Waals surface area (Å²) in [5, 5.41) is 12.7. The van der Waals surface area contributed by atoms with E-state index in [1.807, 2.05) is 0 Å². The molecule has 0 aromatic heterocycles. The van der Waals surface area contributed by atoms with E-state index < -0.39 is 0 Å². The normalized spacial score (nSPS) is 31.3.